The summed E-state index contributed by atoms with van der Waals surface area (Å²) in [7, 11) is 0. The molecule has 1 aromatic carbocycles. The molecule has 2 amide bonds. The van der Waals surface area contributed by atoms with Gasteiger partial charge in [-0.15, -0.1) is 0 Å². The normalized spacial score (nSPS) is 26.8. The number of nitrogens with zero attached hydrogens (tertiary/aromatic N) is 3. The number of ether oxygens (including phenoxy) is 1. The Balaban J connectivity index is 1.41. The van der Waals surface area contributed by atoms with Crippen LogP contribution in [0, 0.1) is 11.8 Å². The van der Waals surface area contributed by atoms with Gasteiger partial charge in [-0.05, 0) is 57.7 Å². The third kappa shape index (κ3) is 4.78. The van der Waals surface area contributed by atoms with Gasteiger partial charge in [-0.3, -0.25) is 19.5 Å². The highest BCUT2D eigenvalue weighted by molar-refractivity contribution is 6.30. The summed E-state index contributed by atoms with van der Waals surface area (Å²) in [6, 6.07) is 8.96. The van der Waals surface area contributed by atoms with Crippen molar-refractivity contribution in [3.63, 3.8) is 0 Å². The maximum absolute atomic E-state index is 13.5. The third-order valence-corrected chi connectivity index (χ3v) is 7.34. The molecule has 1 fully saturated rings. The SMILES string of the molecule is CC1(C)CC(=O)N(C(c2cncc(Cl)c2)[C@@H]2C[C@H]2C(=O)N[C@@H]2CC(C)(C)Oc3ccccc32)C(N)=N1. The first kappa shape index (κ1) is 24.6. The summed E-state index contributed by atoms with van der Waals surface area (Å²) in [5.41, 5.74) is 7.07. The number of nitrogens with one attached hydrogen (secondary N) is 1. The van der Waals surface area contributed by atoms with E-state index in [2.05, 4.69) is 15.3 Å². The van der Waals surface area contributed by atoms with Gasteiger partial charge in [-0.25, -0.2) is 4.99 Å². The van der Waals surface area contributed by atoms with Crippen molar-refractivity contribution >= 4 is 29.4 Å². The second-order valence-corrected chi connectivity index (χ2v) is 11.7. The number of pyridine rings is 1. The summed E-state index contributed by atoms with van der Waals surface area (Å²) in [4.78, 5) is 37.1. The number of guanidine groups is 1. The van der Waals surface area contributed by atoms with Crippen LogP contribution in [0.15, 0.2) is 47.7 Å². The van der Waals surface area contributed by atoms with E-state index in [4.69, 9.17) is 22.1 Å². The number of benzene rings is 1. The fourth-order valence-corrected chi connectivity index (χ4v) is 5.72. The molecule has 36 heavy (non-hydrogen) atoms. The zero-order valence-electron chi connectivity index (χ0n) is 21.0. The van der Waals surface area contributed by atoms with E-state index in [0.29, 0.717) is 17.9 Å². The minimum atomic E-state index is -0.571. The molecule has 2 aliphatic heterocycles. The summed E-state index contributed by atoms with van der Waals surface area (Å²) >= 11 is 6.25. The van der Waals surface area contributed by atoms with Crippen LogP contribution in [-0.4, -0.2) is 38.8 Å². The van der Waals surface area contributed by atoms with E-state index < -0.39 is 17.2 Å². The van der Waals surface area contributed by atoms with Crippen molar-refractivity contribution in [3.8, 4) is 5.75 Å². The van der Waals surface area contributed by atoms with E-state index in [1.807, 2.05) is 52.0 Å². The molecule has 0 radical (unpaired) electrons. The average molecular weight is 510 g/mol. The molecule has 9 heteroatoms. The van der Waals surface area contributed by atoms with Crippen molar-refractivity contribution in [1.82, 2.24) is 15.2 Å². The van der Waals surface area contributed by atoms with Gasteiger partial charge in [0.15, 0.2) is 5.96 Å². The highest BCUT2D eigenvalue weighted by Crippen LogP contribution is 2.52. The van der Waals surface area contributed by atoms with Crippen LogP contribution in [-0.2, 0) is 9.59 Å². The maximum Gasteiger partial charge on any atom is 0.232 e. The second-order valence-electron chi connectivity index (χ2n) is 11.3. The number of para-hydroxylation sites is 1. The summed E-state index contributed by atoms with van der Waals surface area (Å²) in [6.07, 6.45) is 4.74. The highest BCUT2D eigenvalue weighted by atomic mass is 35.5. The number of fused-ring (bicyclic) bond motifs is 1. The lowest BCUT2D eigenvalue weighted by molar-refractivity contribution is -0.132. The average Bonchev–Trinajstić information content (AvgIpc) is 3.55. The topological polar surface area (TPSA) is 110 Å². The number of carbonyl (C=O) groups excluding carboxylic acids is 2. The molecule has 8 nitrogen and oxygen atoms in total. The largest absolute Gasteiger partial charge is 0.487 e. The Morgan fingerprint density at radius 3 is 2.72 bits per heavy atom. The van der Waals surface area contributed by atoms with E-state index in [1.54, 1.807) is 18.5 Å². The van der Waals surface area contributed by atoms with Crippen LogP contribution in [0.4, 0.5) is 0 Å². The van der Waals surface area contributed by atoms with Gasteiger partial charge >= 0.3 is 0 Å². The van der Waals surface area contributed by atoms with Gasteiger partial charge in [0.25, 0.3) is 0 Å². The van der Waals surface area contributed by atoms with Crippen LogP contribution in [0.3, 0.4) is 0 Å². The van der Waals surface area contributed by atoms with Gasteiger partial charge < -0.3 is 15.8 Å². The van der Waals surface area contributed by atoms with Crippen LogP contribution in [0.5, 0.6) is 5.75 Å². The first-order chi connectivity index (χ1) is 16.9. The highest BCUT2D eigenvalue weighted by Gasteiger charge is 2.53. The van der Waals surface area contributed by atoms with Gasteiger partial charge in [-0.1, -0.05) is 29.8 Å². The van der Waals surface area contributed by atoms with Gasteiger partial charge in [0.05, 0.1) is 29.1 Å². The first-order valence-electron chi connectivity index (χ1n) is 12.3. The van der Waals surface area contributed by atoms with E-state index in [9.17, 15) is 9.59 Å². The van der Waals surface area contributed by atoms with Crippen molar-refractivity contribution in [1.29, 1.82) is 0 Å². The number of aromatic nitrogens is 1. The molecular formula is C27H32ClN5O3. The zero-order valence-corrected chi connectivity index (χ0v) is 21.7. The van der Waals surface area contributed by atoms with Crippen LogP contribution in [0.1, 0.15) is 70.2 Å². The molecule has 0 spiro atoms. The van der Waals surface area contributed by atoms with E-state index >= 15 is 0 Å². The van der Waals surface area contributed by atoms with Crippen molar-refractivity contribution in [2.24, 2.45) is 22.6 Å². The second kappa shape index (κ2) is 8.76. The maximum atomic E-state index is 13.5. The fourth-order valence-electron chi connectivity index (χ4n) is 5.54. The third-order valence-electron chi connectivity index (χ3n) is 7.14. The van der Waals surface area contributed by atoms with Crippen LogP contribution in [0.25, 0.3) is 0 Å². The van der Waals surface area contributed by atoms with Gasteiger partial charge in [0.1, 0.15) is 11.4 Å². The molecule has 4 atom stereocenters. The van der Waals surface area contributed by atoms with E-state index in [-0.39, 0.29) is 42.1 Å². The molecule has 1 aliphatic carbocycles. The van der Waals surface area contributed by atoms with E-state index in [0.717, 1.165) is 16.9 Å². The molecule has 2 aromatic rings. The van der Waals surface area contributed by atoms with Crippen molar-refractivity contribution in [2.75, 3.05) is 0 Å². The molecule has 1 unspecified atom stereocenters. The fraction of sp³-hybridized carbons (Fsp3) is 0.481. The lowest BCUT2D eigenvalue weighted by Crippen LogP contribution is -2.52. The quantitative estimate of drug-likeness (QED) is 0.629. The Bertz CT molecular complexity index is 1240. The van der Waals surface area contributed by atoms with Gasteiger partial charge in [0.2, 0.25) is 11.8 Å². The molecule has 3 heterocycles. The van der Waals surface area contributed by atoms with Crippen molar-refractivity contribution in [2.45, 2.75) is 70.2 Å². The Morgan fingerprint density at radius 2 is 2.00 bits per heavy atom. The summed E-state index contributed by atoms with van der Waals surface area (Å²) in [5.74, 6) is 0.378. The molecule has 3 N–H and O–H groups in total. The number of rotatable bonds is 5. The number of hydrogen-bond acceptors (Lipinski definition) is 6. The van der Waals surface area contributed by atoms with Gasteiger partial charge in [-0.2, -0.15) is 0 Å². The van der Waals surface area contributed by atoms with Crippen LogP contribution in [0.2, 0.25) is 5.02 Å². The Morgan fingerprint density at radius 1 is 1.25 bits per heavy atom. The number of hydrogen-bond donors (Lipinski definition) is 2. The predicted molar refractivity (Wildman–Crippen MR) is 137 cm³/mol. The summed E-state index contributed by atoms with van der Waals surface area (Å²) in [6.45, 7) is 7.81. The number of aliphatic imine (C=N–C) groups is 1. The van der Waals surface area contributed by atoms with Crippen molar-refractivity contribution in [3.05, 3.63) is 58.9 Å². The smallest absolute Gasteiger partial charge is 0.232 e. The number of halogens is 1. The molecule has 3 aliphatic rings. The molecule has 1 aromatic heterocycles. The molecular weight excluding hydrogens is 478 g/mol. The monoisotopic (exact) mass is 509 g/mol. The standard InChI is InChI=1S/C27H32ClN5O3/c1-26(2)12-22(34)33(25(29)32-26)23(15-9-16(28)14-30-13-15)18-10-19(18)24(35)31-20-11-27(3,4)36-21-8-6-5-7-17(20)21/h5-9,13-14,18-20,23H,10-12H2,1-4H3,(H2,29,32)(H,31,35)/t18-,19-,20-,23?/m1/s1. The molecule has 0 bridgehead atoms. The molecule has 190 valence electrons. The van der Waals surface area contributed by atoms with E-state index in [1.165, 1.54) is 4.90 Å². The van der Waals surface area contributed by atoms with Crippen LogP contribution >= 0.6 is 11.6 Å². The lowest BCUT2D eigenvalue weighted by atomic mass is 9.89. The predicted octanol–water partition coefficient (Wildman–Crippen LogP) is 4.16. The van der Waals surface area contributed by atoms with Gasteiger partial charge in [0, 0.05) is 30.3 Å². The first-order valence-corrected chi connectivity index (χ1v) is 12.7. The number of amides is 2. The number of carbonyl (C=O) groups is 2. The Hall–Kier alpha value is -3.13. The van der Waals surface area contributed by atoms with Crippen molar-refractivity contribution < 1.29 is 14.3 Å². The summed E-state index contributed by atoms with van der Waals surface area (Å²) in [5, 5.41) is 3.71. The molecule has 1 saturated carbocycles. The zero-order chi connectivity index (χ0) is 25.8. The molecule has 5 rings (SSSR count). The number of nitrogens with two attached hydrogens (primary N) is 1. The minimum absolute atomic E-state index is 0.0437. The Labute approximate surface area is 216 Å². The lowest BCUT2D eigenvalue weighted by Gasteiger charge is -2.38. The molecule has 0 saturated heterocycles. The Kier molecular flexibility index (Phi) is 5.98. The van der Waals surface area contributed by atoms with Crippen LogP contribution < -0.4 is 15.8 Å². The summed E-state index contributed by atoms with van der Waals surface area (Å²) < 4.78 is 6.11. The minimum Gasteiger partial charge on any atom is -0.487 e.